The summed E-state index contributed by atoms with van der Waals surface area (Å²) in [7, 11) is 1.24. The van der Waals surface area contributed by atoms with Crippen LogP contribution in [0.25, 0.3) is 0 Å². The van der Waals surface area contributed by atoms with Crippen LogP contribution in [0.4, 0.5) is 0 Å². The quantitative estimate of drug-likeness (QED) is 0.541. The van der Waals surface area contributed by atoms with Crippen LogP contribution >= 0.6 is 11.3 Å². The van der Waals surface area contributed by atoms with E-state index >= 15 is 0 Å². The van der Waals surface area contributed by atoms with E-state index in [4.69, 9.17) is 0 Å². The molecule has 1 aromatic heterocycles. The molecule has 1 aromatic rings. The third-order valence-electron chi connectivity index (χ3n) is 3.12. The molecule has 6 heteroatoms. The Kier molecular flexibility index (Phi) is 7.82. The molecule has 0 saturated heterocycles. The lowest BCUT2D eigenvalue weighted by Crippen LogP contribution is -2.23. The van der Waals surface area contributed by atoms with Gasteiger partial charge in [-0.2, -0.15) is 0 Å². The van der Waals surface area contributed by atoms with Crippen LogP contribution in [0, 0.1) is 0 Å². The van der Waals surface area contributed by atoms with Crippen molar-refractivity contribution in [2.45, 2.75) is 45.4 Å². The van der Waals surface area contributed by atoms with Gasteiger partial charge in [-0.05, 0) is 6.42 Å². The number of nitrogens with one attached hydrogen (secondary N) is 1. The van der Waals surface area contributed by atoms with E-state index in [1.54, 1.807) is 0 Å². The zero-order valence-corrected chi connectivity index (χ0v) is 13.4. The Hall–Kier alpha value is -1.56. The number of ether oxygens (including phenoxy) is 1. The third kappa shape index (κ3) is 5.75. The Bertz CT molecular complexity index is 470. The molecule has 0 aromatic carbocycles. The van der Waals surface area contributed by atoms with Crippen molar-refractivity contribution < 1.29 is 19.4 Å². The number of carbonyl (C=O) groups excluding carboxylic acids is 2. The first-order valence-electron chi connectivity index (χ1n) is 7.29. The Morgan fingerprint density at radius 1 is 1.24 bits per heavy atom. The molecule has 0 radical (unpaired) electrons. The zero-order chi connectivity index (χ0) is 15.7. The molecule has 0 aliphatic rings. The molecule has 21 heavy (non-hydrogen) atoms. The van der Waals surface area contributed by atoms with Gasteiger partial charge in [0.15, 0.2) is 4.88 Å². The predicted octanol–water partition coefficient (Wildman–Crippen LogP) is 3.33. The Labute approximate surface area is 129 Å². The van der Waals surface area contributed by atoms with E-state index in [1.165, 1.54) is 38.9 Å². The topological polar surface area (TPSA) is 75.6 Å². The molecule has 0 aliphatic heterocycles. The van der Waals surface area contributed by atoms with Gasteiger partial charge < -0.3 is 15.2 Å². The van der Waals surface area contributed by atoms with Gasteiger partial charge in [-0.15, -0.1) is 11.3 Å². The van der Waals surface area contributed by atoms with E-state index < -0.39 is 5.97 Å². The fourth-order valence-corrected chi connectivity index (χ4v) is 2.81. The van der Waals surface area contributed by atoms with Crippen molar-refractivity contribution in [3.8, 4) is 5.75 Å². The summed E-state index contributed by atoms with van der Waals surface area (Å²) in [5.41, 5.74) is 0. The van der Waals surface area contributed by atoms with E-state index in [0.29, 0.717) is 11.4 Å². The number of unbranched alkanes of at least 4 members (excludes halogenated alkanes) is 5. The van der Waals surface area contributed by atoms with Crippen LogP contribution < -0.4 is 5.32 Å². The maximum atomic E-state index is 11.9. The largest absolute Gasteiger partial charge is 0.506 e. The molecule has 0 unspecified atom stereocenters. The Balaban J connectivity index is 2.34. The second-order valence-corrected chi connectivity index (χ2v) is 5.89. The highest BCUT2D eigenvalue weighted by Gasteiger charge is 2.19. The molecular weight excluding hydrogens is 290 g/mol. The maximum Gasteiger partial charge on any atom is 0.351 e. The summed E-state index contributed by atoms with van der Waals surface area (Å²) in [6.45, 7) is 2.79. The van der Waals surface area contributed by atoms with Crippen molar-refractivity contribution in [3.63, 3.8) is 0 Å². The van der Waals surface area contributed by atoms with Crippen LogP contribution in [0.1, 0.15) is 64.8 Å². The molecule has 0 saturated carbocycles. The lowest BCUT2D eigenvalue weighted by molar-refractivity contribution is 0.0603. The summed E-state index contributed by atoms with van der Waals surface area (Å²) >= 11 is 0.939. The second kappa shape index (κ2) is 9.39. The van der Waals surface area contributed by atoms with E-state index in [0.717, 1.165) is 24.2 Å². The normalized spacial score (nSPS) is 10.4. The molecule has 1 rings (SSSR count). The summed E-state index contributed by atoms with van der Waals surface area (Å²) in [6.07, 6.45) is 6.96. The number of amides is 1. The number of thiophene rings is 1. The summed E-state index contributed by atoms with van der Waals surface area (Å²) < 4.78 is 4.54. The molecule has 1 amide bonds. The minimum absolute atomic E-state index is 0.0576. The van der Waals surface area contributed by atoms with Crippen LogP contribution in [0.2, 0.25) is 0 Å². The molecule has 0 atom stereocenters. The lowest BCUT2D eigenvalue weighted by Gasteiger charge is -2.03. The van der Waals surface area contributed by atoms with Crippen LogP contribution in [0.15, 0.2) is 6.07 Å². The van der Waals surface area contributed by atoms with Crippen LogP contribution in [0.3, 0.4) is 0 Å². The summed E-state index contributed by atoms with van der Waals surface area (Å²) in [6, 6.07) is 1.30. The first kappa shape index (κ1) is 17.5. The minimum Gasteiger partial charge on any atom is -0.506 e. The van der Waals surface area contributed by atoms with Gasteiger partial charge in [0.2, 0.25) is 0 Å². The zero-order valence-electron chi connectivity index (χ0n) is 12.6. The molecule has 2 N–H and O–H groups in total. The van der Waals surface area contributed by atoms with Crippen LogP contribution in [0.5, 0.6) is 5.75 Å². The second-order valence-electron chi connectivity index (χ2n) is 4.84. The van der Waals surface area contributed by atoms with Crippen LogP contribution in [-0.2, 0) is 4.74 Å². The molecule has 0 aliphatic carbocycles. The van der Waals surface area contributed by atoms with E-state index in [2.05, 4.69) is 17.0 Å². The fraction of sp³-hybridized carbons (Fsp3) is 0.600. The van der Waals surface area contributed by atoms with Gasteiger partial charge in [0.05, 0.1) is 12.0 Å². The highest BCUT2D eigenvalue weighted by atomic mass is 32.1. The van der Waals surface area contributed by atoms with Gasteiger partial charge in [0.25, 0.3) is 5.91 Å². The summed E-state index contributed by atoms with van der Waals surface area (Å²) in [5.74, 6) is -1.11. The molecule has 0 fully saturated rings. The molecule has 5 nitrogen and oxygen atoms in total. The average molecular weight is 313 g/mol. The van der Waals surface area contributed by atoms with Crippen molar-refractivity contribution in [2.24, 2.45) is 0 Å². The van der Waals surface area contributed by atoms with Crippen molar-refractivity contribution in [1.82, 2.24) is 5.32 Å². The lowest BCUT2D eigenvalue weighted by atomic mass is 10.1. The van der Waals surface area contributed by atoms with Gasteiger partial charge in [0.1, 0.15) is 5.75 Å². The summed E-state index contributed by atoms with van der Waals surface area (Å²) in [4.78, 5) is 23.6. The fourth-order valence-electron chi connectivity index (χ4n) is 1.93. The predicted molar refractivity (Wildman–Crippen MR) is 83.0 cm³/mol. The molecule has 0 bridgehead atoms. The van der Waals surface area contributed by atoms with Crippen LogP contribution in [-0.4, -0.2) is 30.6 Å². The van der Waals surface area contributed by atoms with Gasteiger partial charge >= 0.3 is 5.97 Å². The average Bonchev–Trinajstić information content (AvgIpc) is 2.87. The first-order chi connectivity index (χ1) is 10.1. The van der Waals surface area contributed by atoms with Gasteiger partial charge in [-0.3, -0.25) is 4.79 Å². The SMILES string of the molecule is CCCCCCCCNC(=O)c1cc(O)c(C(=O)OC)s1. The number of methoxy groups -OCH3 is 1. The van der Waals surface area contributed by atoms with Crippen molar-refractivity contribution in [3.05, 3.63) is 15.8 Å². The van der Waals surface area contributed by atoms with E-state index in [-0.39, 0.29) is 16.5 Å². The number of carbonyl (C=O) groups is 2. The van der Waals surface area contributed by atoms with Gasteiger partial charge in [-0.1, -0.05) is 39.0 Å². The molecule has 0 spiro atoms. The minimum atomic E-state index is -0.632. The summed E-state index contributed by atoms with van der Waals surface area (Å²) in [5, 5.41) is 12.4. The smallest absolute Gasteiger partial charge is 0.351 e. The van der Waals surface area contributed by atoms with Crippen molar-refractivity contribution in [1.29, 1.82) is 0 Å². The Morgan fingerprint density at radius 2 is 1.90 bits per heavy atom. The van der Waals surface area contributed by atoms with Gasteiger partial charge in [-0.25, -0.2) is 4.79 Å². The standard InChI is InChI=1S/C15H23NO4S/c1-3-4-5-6-7-8-9-16-14(18)12-10-11(17)13(21-12)15(19)20-2/h10,17H,3-9H2,1-2H3,(H,16,18). The first-order valence-corrected chi connectivity index (χ1v) is 8.11. The number of hydrogen-bond donors (Lipinski definition) is 2. The molecular formula is C15H23NO4S. The van der Waals surface area contributed by atoms with Crippen molar-refractivity contribution >= 4 is 23.2 Å². The third-order valence-corrected chi connectivity index (χ3v) is 4.23. The number of esters is 1. The monoisotopic (exact) mass is 313 g/mol. The number of rotatable bonds is 9. The maximum absolute atomic E-state index is 11.9. The number of hydrogen-bond acceptors (Lipinski definition) is 5. The molecule has 1 heterocycles. The Morgan fingerprint density at radius 3 is 2.57 bits per heavy atom. The molecule has 118 valence electrons. The number of aromatic hydroxyl groups is 1. The van der Waals surface area contributed by atoms with Crippen molar-refractivity contribution in [2.75, 3.05) is 13.7 Å². The van der Waals surface area contributed by atoms with Gasteiger partial charge in [0, 0.05) is 12.6 Å². The highest BCUT2D eigenvalue weighted by Crippen LogP contribution is 2.28. The van der Waals surface area contributed by atoms with E-state index in [9.17, 15) is 14.7 Å². The van der Waals surface area contributed by atoms with E-state index in [1.807, 2.05) is 0 Å². The highest BCUT2D eigenvalue weighted by molar-refractivity contribution is 7.16.